The van der Waals surface area contributed by atoms with Crippen molar-refractivity contribution < 1.29 is 23.8 Å². The second kappa shape index (κ2) is 8.10. The molecule has 2 saturated heterocycles. The van der Waals surface area contributed by atoms with E-state index in [9.17, 15) is 9.59 Å². The lowest BCUT2D eigenvalue weighted by Gasteiger charge is -2.27. The maximum absolute atomic E-state index is 12.5. The predicted molar refractivity (Wildman–Crippen MR) is 106 cm³/mol. The van der Waals surface area contributed by atoms with Gasteiger partial charge in [0.1, 0.15) is 17.8 Å². The Balaban J connectivity index is 1.41. The van der Waals surface area contributed by atoms with E-state index in [0.29, 0.717) is 11.1 Å². The average molecular weight is 412 g/mol. The van der Waals surface area contributed by atoms with Crippen molar-refractivity contribution in [3.63, 3.8) is 0 Å². The van der Waals surface area contributed by atoms with Crippen LogP contribution in [0.2, 0.25) is 0 Å². The molecule has 1 aromatic heterocycles. The van der Waals surface area contributed by atoms with Gasteiger partial charge in [0.2, 0.25) is 0 Å². The minimum absolute atomic E-state index is 0.195. The van der Waals surface area contributed by atoms with Gasteiger partial charge in [0.15, 0.2) is 5.79 Å². The Kier molecular flexibility index (Phi) is 5.50. The van der Waals surface area contributed by atoms with Crippen molar-refractivity contribution in [3.05, 3.63) is 59.9 Å². The first-order chi connectivity index (χ1) is 14.4. The molecule has 9 heteroatoms. The van der Waals surface area contributed by atoms with Crippen LogP contribution in [0.15, 0.2) is 48.8 Å². The van der Waals surface area contributed by atoms with E-state index in [1.807, 2.05) is 32.0 Å². The predicted octanol–water partition coefficient (Wildman–Crippen LogP) is 0.925. The fourth-order valence-corrected chi connectivity index (χ4v) is 3.84. The zero-order chi connectivity index (χ0) is 21.2. The van der Waals surface area contributed by atoms with E-state index in [4.69, 9.17) is 14.2 Å². The minimum atomic E-state index is -0.832. The maximum Gasteiger partial charge on any atom is 0.253 e. The highest BCUT2D eigenvalue weighted by Crippen LogP contribution is 2.43. The monoisotopic (exact) mass is 412 g/mol. The number of carbonyl (C=O) groups is 2. The van der Waals surface area contributed by atoms with E-state index in [0.717, 1.165) is 0 Å². The summed E-state index contributed by atoms with van der Waals surface area (Å²) in [5.74, 6) is -1.30. The summed E-state index contributed by atoms with van der Waals surface area (Å²) in [4.78, 5) is 24.8. The first kappa shape index (κ1) is 20.4. The Morgan fingerprint density at radius 2 is 1.83 bits per heavy atom. The zero-order valence-corrected chi connectivity index (χ0v) is 16.8. The molecule has 30 heavy (non-hydrogen) atoms. The second-order valence-corrected chi connectivity index (χ2v) is 7.84. The number of benzene rings is 1. The zero-order valence-electron chi connectivity index (χ0n) is 16.8. The molecular formula is C21H24N4O5. The van der Waals surface area contributed by atoms with Crippen molar-refractivity contribution in [3.8, 4) is 0 Å². The van der Waals surface area contributed by atoms with Crippen LogP contribution in [0.1, 0.15) is 34.6 Å². The lowest BCUT2D eigenvalue weighted by molar-refractivity contribution is -0.188. The Morgan fingerprint density at radius 1 is 1.07 bits per heavy atom. The minimum Gasteiger partial charge on any atom is -0.370 e. The van der Waals surface area contributed by atoms with Gasteiger partial charge >= 0.3 is 0 Å². The first-order valence-corrected chi connectivity index (χ1v) is 9.76. The van der Waals surface area contributed by atoms with Crippen LogP contribution < -0.4 is 10.6 Å². The second-order valence-electron chi connectivity index (χ2n) is 7.84. The lowest BCUT2D eigenvalue weighted by atomic mass is 9.96. The molecule has 0 bridgehead atoms. The Hall–Kier alpha value is -2.88. The van der Waals surface area contributed by atoms with Gasteiger partial charge in [0.25, 0.3) is 11.8 Å². The van der Waals surface area contributed by atoms with Crippen LogP contribution in [-0.2, 0) is 14.2 Å². The van der Waals surface area contributed by atoms with E-state index in [2.05, 4.69) is 20.8 Å². The smallest absolute Gasteiger partial charge is 0.253 e. The van der Waals surface area contributed by atoms with Crippen LogP contribution in [-0.4, -0.2) is 65.3 Å². The Labute approximate surface area is 174 Å². The summed E-state index contributed by atoms with van der Waals surface area (Å²) in [7, 11) is 0. The molecule has 1 aromatic carbocycles. The number of ether oxygens (including phenoxy) is 3. The van der Waals surface area contributed by atoms with Gasteiger partial charge < -0.3 is 24.8 Å². The molecule has 2 amide bonds. The third-order valence-electron chi connectivity index (χ3n) is 5.15. The van der Waals surface area contributed by atoms with Crippen LogP contribution in [0.3, 0.4) is 0 Å². The SMILES string of the molecule is CC1(C)O[C@@H]2[C@@H](CNC(=O)c3ccnnc3)OC[C@]2(CNC(=O)c2ccccc2)O1. The van der Waals surface area contributed by atoms with E-state index in [-0.39, 0.29) is 31.5 Å². The standard InChI is InChI=1S/C21H24N4O5/c1-20(2)29-17-16(11-22-19(27)15-8-9-24-25-10-15)28-13-21(17,30-20)12-23-18(26)14-6-4-3-5-7-14/h3-10,16-17H,11-13H2,1-2H3,(H,22,27)(H,23,26)/t16-,17-,21+/m1/s1. The number of fused-ring (bicyclic) bond motifs is 1. The van der Waals surface area contributed by atoms with Crippen LogP contribution in [0.25, 0.3) is 0 Å². The summed E-state index contributed by atoms with van der Waals surface area (Å²) in [5.41, 5.74) is 0.146. The number of hydrogen-bond donors (Lipinski definition) is 2. The summed E-state index contributed by atoms with van der Waals surface area (Å²) >= 11 is 0. The summed E-state index contributed by atoms with van der Waals surface area (Å²) < 4.78 is 18.2. The molecule has 158 valence electrons. The van der Waals surface area contributed by atoms with E-state index < -0.39 is 23.6 Å². The lowest BCUT2D eigenvalue weighted by Crippen LogP contribution is -2.52. The molecule has 9 nitrogen and oxygen atoms in total. The summed E-state index contributed by atoms with van der Waals surface area (Å²) in [6.45, 7) is 4.36. The summed E-state index contributed by atoms with van der Waals surface area (Å²) in [6.07, 6.45) is 1.99. The van der Waals surface area contributed by atoms with Crippen LogP contribution in [0.5, 0.6) is 0 Å². The molecule has 3 atom stereocenters. The fourth-order valence-electron chi connectivity index (χ4n) is 3.84. The molecule has 0 spiro atoms. The quantitative estimate of drug-likeness (QED) is 0.726. The highest BCUT2D eigenvalue weighted by atomic mass is 16.8. The number of nitrogens with one attached hydrogen (secondary N) is 2. The Morgan fingerprint density at radius 3 is 2.57 bits per heavy atom. The molecule has 2 N–H and O–H groups in total. The van der Waals surface area contributed by atoms with Crippen molar-refractivity contribution in [2.75, 3.05) is 19.7 Å². The number of amides is 2. The van der Waals surface area contributed by atoms with Gasteiger partial charge in [0, 0.05) is 12.1 Å². The van der Waals surface area contributed by atoms with E-state index in [1.54, 1.807) is 18.2 Å². The maximum atomic E-state index is 12.5. The third kappa shape index (κ3) is 4.18. The first-order valence-electron chi connectivity index (χ1n) is 9.76. The van der Waals surface area contributed by atoms with Crippen molar-refractivity contribution in [1.29, 1.82) is 0 Å². The van der Waals surface area contributed by atoms with Gasteiger partial charge in [-0.3, -0.25) is 9.59 Å². The highest BCUT2D eigenvalue weighted by molar-refractivity contribution is 5.94. The van der Waals surface area contributed by atoms with E-state index in [1.165, 1.54) is 12.4 Å². The van der Waals surface area contributed by atoms with Gasteiger partial charge in [0.05, 0.1) is 31.1 Å². The molecule has 0 unspecified atom stereocenters. The van der Waals surface area contributed by atoms with Crippen molar-refractivity contribution >= 4 is 11.8 Å². The topological polar surface area (TPSA) is 112 Å². The van der Waals surface area contributed by atoms with Crippen LogP contribution >= 0.6 is 0 Å². The number of hydrogen-bond acceptors (Lipinski definition) is 7. The average Bonchev–Trinajstić information content (AvgIpc) is 3.21. The molecule has 0 aliphatic carbocycles. The van der Waals surface area contributed by atoms with Gasteiger partial charge in [-0.1, -0.05) is 18.2 Å². The molecule has 0 saturated carbocycles. The normalized spacial score (nSPS) is 26.7. The molecule has 4 rings (SSSR count). The van der Waals surface area contributed by atoms with Gasteiger partial charge in [-0.05, 0) is 32.0 Å². The Bertz CT molecular complexity index is 908. The molecular weight excluding hydrogens is 388 g/mol. The van der Waals surface area contributed by atoms with Crippen LogP contribution in [0.4, 0.5) is 0 Å². The summed E-state index contributed by atoms with van der Waals surface area (Å²) in [6, 6.07) is 10.6. The molecule has 3 heterocycles. The van der Waals surface area contributed by atoms with Crippen molar-refractivity contribution in [2.24, 2.45) is 0 Å². The highest BCUT2D eigenvalue weighted by Gasteiger charge is 2.60. The van der Waals surface area contributed by atoms with Crippen molar-refractivity contribution in [2.45, 2.75) is 37.4 Å². The summed E-state index contributed by atoms with van der Waals surface area (Å²) in [5, 5.41) is 13.1. The van der Waals surface area contributed by atoms with Crippen molar-refractivity contribution in [1.82, 2.24) is 20.8 Å². The molecule has 2 aromatic rings. The third-order valence-corrected chi connectivity index (χ3v) is 5.15. The number of rotatable bonds is 6. The van der Waals surface area contributed by atoms with E-state index >= 15 is 0 Å². The van der Waals surface area contributed by atoms with Gasteiger partial charge in [-0.2, -0.15) is 10.2 Å². The van der Waals surface area contributed by atoms with Crippen LogP contribution in [0, 0.1) is 0 Å². The molecule has 2 aliphatic heterocycles. The number of nitrogens with zero attached hydrogens (tertiary/aromatic N) is 2. The number of carbonyl (C=O) groups excluding carboxylic acids is 2. The number of aromatic nitrogens is 2. The fraction of sp³-hybridized carbons (Fsp3) is 0.429. The molecule has 0 radical (unpaired) electrons. The van der Waals surface area contributed by atoms with Gasteiger partial charge in [-0.25, -0.2) is 0 Å². The molecule has 2 aliphatic rings. The largest absolute Gasteiger partial charge is 0.370 e. The van der Waals surface area contributed by atoms with Gasteiger partial charge in [-0.15, -0.1) is 0 Å². The molecule has 2 fully saturated rings.